The molecule has 0 amide bonds. The van der Waals surface area contributed by atoms with Crippen LogP contribution < -0.4 is 14.8 Å². The number of nitrogens with zero attached hydrogens (tertiary/aromatic N) is 4. The molecule has 0 atom stereocenters. The number of nitrogens with one attached hydrogen (secondary N) is 2. The van der Waals surface area contributed by atoms with Crippen LogP contribution in [0.3, 0.4) is 0 Å². The van der Waals surface area contributed by atoms with Gasteiger partial charge in [0.25, 0.3) is 0 Å². The van der Waals surface area contributed by atoms with E-state index in [1.807, 2.05) is 25.1 Å². The van der Waals surface area contributed by atoms with Crippen LogP contribution in [-0.4, -0.2) is 39.0 Å². The largest absolute Gasteiger partial charge is 0.496 e. The molecular weight excluding hydrogens is 387 g/mol. The average Bonchev–Trinajstić information content (AvgIpc) is 3.33. The molecule has 0 spiro atoms. The highest BCUT2D eigenvalue weighted by molar-refractivity contribution is 5.71. The lowest BCUT2D eigenvalue weighted by molar-refractivity contribution is 0.415. The third-order valence-electron chi connectivity index (χ3n) is 4.59. The quantitative estimate of drug-likeness (QED) is 0.500. The van der Waals surface area contributed by atoms with Crippen molar-refractivity contribution < 1.29 is 13.9 Å². The van der Waals surface area contributed by atoms with E-state index in [1.54, 1.807) is 31.1 Å². The monoisotopic (exact) mass is 408 g/mol. The topological polar surface area (TPSA) is 89.9 Å². The number of imidazole rings is 1. The Morgan fingerprint density at radius 3 is 2.57 bits per heavy atom. The molecule has 0 unspecified atom stereocenters. The van der Waals surface area contributed by atoms with E-state index in [9.17, 15) is 4.39 Å². The minimum atomic E-state index is -0.380. The molecule has 4 aromatic rings. The number of hydrogen-bond acceptors (Lipinski definition) is 6. The van der Waals surface area contributed by atoms with E-state index in [-0.39, 0.29) is 5.82 Å². The number of benzene rings is 2. The zero-order chi connectivity index (χ0) is 21.3. The summed E-state index contributed by atoms with van der Waals surface area (Å²) in [5.74, 6) is 2.44. The first-order chi connectivity index (χ1) is 14.5. The normalized spacial score (nSPS) is 10.8. The Morgan fingerprint density at radius 1 is 1.07 bits per heavy atom. The Morgan fingerprint density at radius 2 is 1.87 bits per heavy atom. The van der Waals surface area contributed by atoms with Gasteiger partial charge in [-0.25, -0.2) is 14.1 Å². The molecule has 0 aliphatic heterocycles. The maximum Gasteiger partial charge on any atom is 0.226 e. The number of rotatable bonds is 6. The highest BCUT2D eigenvalue weighted by atomic mass is 19.1. The van der Waals surface area contributed by atoms with Gasteiger partial charge < -0.3 is 19.8 Å². The van der Waals surface area contributed by atoms with Crippen molar-refractivity contribution in [3.63, 3.8) is 0 Å². The molecule has 0 fully saturated rings. The lowest BCUT2D eigenvalue weighted by Gasteiger charge is -2.09. The summed E-state index contributed by atoms with van der Waals surface area (Å²) in [6.45, 7) is 1.94. The Bertz CT molecular complexity index is 1200. The molecule has 2 N–H and O–H groups in total. The SMILES string of the molecule is COc1ccc(F)cc1Nc1nc(-c2ccc(-c3ncc(C)[nH]3)c(OC)c2)nn1C. The lowest BCUT2D eigenvalue weighted by Crippen LogP contribution is -2.02. The van der Waals surface area contributed by atoms with Crippen molar-refractivity contribution in [3.05, 3.63) is 54.1 Å². The standard InChI is InChI=1S/C21H21FN6O2/c1-12-11-23-20(24-12)15-7-5-13(9-18(15)30-4)19-26-21(28(2)27-19)25-16-10-14(22)6-8-17(16)29-3/h5-11H,1-4H3,(H,23,24)(H,25,26,27). The summed E-state index contributed by atoms with van der Waals surface area (Å²) in [4.78, 5) is 12.1. The Balaban J connectivity index is 1.67. The maximum absolute atomic E-state index is 13.7. The Labute approximate surface area is 172 Å². The molecule has 0 aliphatic rings. The first-order valence-electron chi connectivity index (χ1n) is 9.20. The number of anilines is 2. The van der Waals surface area contributed by atoms with Gasteiger partial charge in [-0.1, -0.05) is 6.07 Å². The summed E-state index contributed by atoms with van der Waals surface area (Å²) in [5.41, 5.74) is 3.04. The van der Waals surface area contributed by atoms with Crippen molar-refractivity contribution in [1.29, 1.82) is 0 Å². The molecule has 0 saturated carbocycles. The zero-order valence-electron chi connectivity index (χ0n) is 17.0. The van der Waals surface area contributed by atoms with Crippen molar-refractivity contribution in [2.75, 3.05) is 19.5 Å². The van der Waals surface area contributed by atoms with Crippen LogP contribution in [0.1, 0.15) is 5.69 Å². The van der Waals surface area contributed by atoms with Gasteiger partial charge in [-0.15, -0.1) is 5.10 Å². The van der Waals surface area contributed by atoms with Crippen LogP contribution in [0.15, 0.2) is 42.6 Å². The van der Waals surface area contributed by atoms with Gasteiger partial charge in [0.15, 0.2) is 5.82 Å². The molecule has 2 aromatic heterocycles. The van der Waals surface area contributed by atoms with Crippen LogP contribution in [-0.2, 0) is 7.05 Å². The highest BCUT2D eigenvalue weighted by Gasteiger charge is 2.15. The van der Waals surface area contributed by atoms with Crippen LogP contribution in [0.4, 0.5) is 16.0 Å². The summed E-state index contributed by atoms with van der Waals surface area (Å²) >= 11 is 0. The molecule has 0 bridgehead atoms. The van der Waals surface area contributed by atoms with Crippen molar-refractivity contribution >= 4 is 11.6 Å². The van der Waals surface area contributed by atoms with Crippen LogP contribution in [0, 0.1) is 12.7 Å². The molecule has 2 heterocycles. The number of aromatic nitrogens is 5. The first-order valence-corrected chi connectivity index (χ1v) is 9.20. The van der Waals surface area contributed by atoms with E-state index in [4.69, 9.17) is 9.47 Å². The van der Waals surface area contributed by atoms with Gasteiger partial charge >= 0.3 is 0 Å². The molecule has 0 saturated heterocycles. The van der Waals surface area contributed by atoms with Gasteiger partial charge in [0.1, 0.15) is 23.1 Å². The smallest absolute Gasteiger partial charge is 0.226 e. The molecule has 2 aromatic carbocycles. The molecule has 154 valence electrons. The second-order valence-electron chi connectivity index (χ2n) is 6.68. The predicted octanol–water partition coefficient (Wildman–Crippen LogP) is 4.08. The van der Waals surface area contributed by atoms with Crippen LogP contribution in [0.5, 0.6) is 11.5 Å². The third-order valence-corrected chi connectivity index (χ3v) is 4.59. The molecular formula is C21H21FN6O2. The number of H-pyrrole nitrogens is 1. The summed E-state index contributed by atoms with van der Waals surface area (Å²) in [7, 11) is 4.88. The van der Waals surface area contributed by atoms with Crippen LogP contribution in [0.2, 0.25) is 0 Å². The number of ether oxygens (including phenoxy) is 2. The second kappa shape index (κ2) is 7.86. The third kappa shape index (κ3) is 3.69. The molecule has 0 radical (unpaired) electrons. The lowest BCUT2D eigenvalue weighted by atomic mass is 10.1. The second-order valence-corrected chi connectivity index (χ2v) is 6.68. The maximum atomic E-state index is 13.7. The number of methoxy groups -OCH3 is 2. The van der Waals surface area contributed by atoms with E-state index >= 15 is 0 Å². The van der Waals surface area contributed by atoms with Crippen LogP contribution >= 0.6 is 0 Å². The summed E-state index contributed by atoms with van der Waals surface area (Å²) in [5, 5.41) is 7.54. The van der Waals surface area contributed by atoms with Gasteiger partial charge in [-0.3, -0.25) is 0 Å². The number of hydrogen-bond donors (Lipinski definition) is 2. The fourth-order valence-corrected chi connectivity index (χ4v) is 3.09. The average molecular weight is 408 g/mol. The predicted molar refractivity (Wildman–Crippen MR) is 112 cm³/mol. The van der Waals surface area contributed by atoms with E-state index in [2.05, 4.69) is 25.4 Å². The Hall–Kier alpha value is -3.88. The van der Waals surface area contributed by atoms with Crippen molar-refractivity contribution in [2.24, 2.45) is 7.05 Å². The van der Waals surface area contributed by atoms with Crippen molar-refractivity contribution in [3.8, 4) is 34.3 Å². The first kappa shape index (κ1) is 19.4. The van der Waals surface area contributed by atoms with E-state index in [1.165, 1.54) is 19.2 Å². The minimum absolute atomic E-state index is 0.380. The minimum Gasteiger partial charge on any atom is -0.496 e. The fourth-order valence-electron chi connectivity index (χ4n) is 3.09. The van der Waals surface area contributed by atoms with E-state index in [0.717, 1.165) is 22.6 Å². The summed E-state index contributed by atoms with van der Waals surface area (Å²) in [6, 6.07) is 9.89. The van der Waals surface area contributed by atoms with Gasteiger partial charge in [-0.2, -0.15) is 4.98 Å². The van der Waals surface area contributed by atoms with E-state index in [0.29, 0.717) is 29.0 Å². The molecule has 0 aliphatic carbocycles. The number of aryl methyl sites for hydroxylation is 2. The van der Waals surface area contributed by atoms with Gasteiger partial charge in [-0.05, 0) is 31.2 Å². The van der Waals surface area contributed by atoms with Crippen molar-refractivity contribution in [1.82, 2.24) is 24.7 Å². The van der Waals surface area contributed by atoms with Gasteiger partial charge in [0.2, 0.25) is 5.95 Å². The summed E-state index contributed by atoms with van der Waals surface area (Å²) < 4.78 is 26.1. The van der Waals surface area contributed by atoms with Crippen molar-refractivity contribution in [2.45, 2.75) is 6.92 Å². The highest BCUT2D eigenvalue weighted by Crippen LogP contribution is 2.33. The fraction of sp³-hybridized carbons (Fsp3) is 0.190. The van der Waals surface area contributed by atoms with Crippen LogP contribution in [0.25, 0.3) is 22.8 Å². The molecule has 4 rings (SSSR count). The number of aromatic amines is 1. The number of halogens is 1. The summed E-state index contributed by atoms with van der Waals surface area (Å²) in [6.07, 6.45) is 1.77. The van der Waals surface area contributed by atoms with Gasteiger partial charge in [0.05, 0.1) is 25.5 Å². The Kier molecular flexibility index (Phi) is 5.09. The van der Waals surface area contributed by atoms with E-state index < -0.39 is 0 Å². The van der Waals surface area contributed by atoms with Gasteiger partial charge in [0, 0.05) is 30.6 Å². The zero-order valence-corrected chi connectivity index (χ0v) is 17.0. The molecule has 30 heavy (non-hydrogen) atoms. The molecule has 9 heteroatoms. The molecule has 8 nitrogen and oxygen atoms in total.